The van der Waals surface area contributed by atoms with Crippen molar-refractivity contribution in [3.63, 3.8) is 0 Å². The predicted molar refractivity (Wildman–Crippen MR) is 103 cm³/mol. The van der Waals surface area contributed by atoms with Gasteiger partial charge in [0.1, 0.15) is 12.1 Å². The number of carbonyl (C=O) groups excluding carboxylic acids is 1. The van der Waals surface area contributed by atoms with Crippen LogP contribution >= 0.6 is 11.8 Å². The number of halogens is 1. The molecular weight excluding hydrogens is 397 g/mol. The molecule has 2 aromatic carbocycles. The summed E-state index contributed by atoms with van der Waals surface area (Å²) in [7, 11) is 0. The standard InChI is InChI=1S/C19H16FN5O3S/c20-15-3-1-2-4-17(15)29-16-8-7-13(25(27)28)9-14(16)19(26)21-10-18-23-22-11-24(18)12-5-6-12/h1-4,7-9,11-12H,5-6,10H2,(H,21,26). The van der Waals surface area contributed by atoms with Gasteiger partial charge in [0.05, 0.1) is 17.0 Å². The molecule has 0 saturated heterocycles. The molecule has 4 rings (SSSR count). The molecule has 0 atom stereocenters. The van der Waals surface area contributed by atoms with Crippen molar-refractivity contribution in [3.8, 4) is 0 Å². The first-order chi connectivity index (χ1) is 14.0. The number of hydrogen-bond donors (Lipinski definition) is 1. The van der Waals surface area contributed by atoms with Gasteiger partial charge in [-0.3, -0.25) is 14.9 Å². The van der Waals surface area contributed by atoms with Crippen LogP contribution in [0.15, 0.2) is 58.6 Å². The number of hydrogen-bond acceptors (Lipinski definition) is 6. The number of aromatic nitrogens is 3. The third kappa shape index (κ3) is 4.27. The number of non-ortho nitro benzene ring substituents is 1. The first-order valence-corrected chi connectivity index (χ1v) is 9.72. The molecule has 1 fully saturated rings. The lowest BCUT2D eigenvalue weighted by Gasteiger charge is -2.11. The fraction of sp³-hybridized carbons (Fsp3) is 0.211. The normalized spacial score (nSPS) is 13.3. The zero-order chi connectivity index (χ0) is 20.4. The minimum Gasteiger partial charge on any atom is -0.345 e. The Morgan fingerprint density at radius 1 is 1.28 bits per heavy atom. The quantitative estimate of drug-likeness (QED) is 0.468. The highest BCUT2D eigenvalue weighted by Crippen LogP contribution is 2.36. The Bertz CT molecular complexity index is 1080. The summed E-state index contributed by atoms with van der Waals surface area (Å²) in [5.41, 5.74) is -0.112. The zero-order valence-corrected chi connectivity index (χ0v) is 15.9. The van der Waals surface area contributed by atoms with E-state index in [4.69, 9.17) is 0 Å². The van der Waals surface area contributed by atoms with Gasteiger partial charge in [0.2, 0.25) is 0 Å². The van der Waals surface area contributed by atoms with Crippen molar-refractivity contribution >= 4 is 23.4 Å². The van der Waals surface area contributed by atoms with Gasteiger partial charge in [-0.1, -0.05) is 23.9 Å². The number of carbonyl (C=O) groups is 1. The molecule has 1 aliphatic carbocycles. The highest BCUT2D eigenvalue weighted by molar-refractivity contribution is 7.99. The predicted octanol–water partition coefficient (Wildman–Crippen LogP) is 3.74. The molecule has 1 heterocycles. The second-order valence-corrected chi connectivity index (χ2v) is 7.62. The third-order valence-corrected chi connectivity index (χ3v) is 5.60. The minimum atomic E-state index is -0.571. The van der Waals surface area contributed by atoms with Crippen molar-refractivity contribution in [2.45, 2.75) is 35.2 Å². The number of benzene rings is 2. The summed E-state index contributed by atoms with van der Waals surface area (Å²) in [5.74, 6) is -0.313. The Labute approximate surface area is 169 Å². The van der Waals surface area contributed by atoms with Crippen LogP contribution in [0.4, 0.5) is 10.1 Å². The van der Waals surface area contributed by atoms with E-state index in [2.05, 4.69) is 15.5 Å². The lowest BCUT2D eigenvalue weighted by molar-refractivity contribution is -0.384. The molecule has 1 amide bonds. The van der Waals surface area contributed by atoms with Crippen molar-refractivity contribution in [3.05, 3.63) is 76.1 Å². The Morgan fingerprint density at radius 3 is 2.79 bits per heavy atom. The highest BCUT2D eigenvalue weighted by Gasteiger charge is 2.26. The number of amides is 1. The molecule has 148 valence electrons. The summed E-state index contributed by atoms with van der Waals surface area (Å²) < 4.78 is 15.9. The SMILES string of the molecule is O=C(NCc1nncn1C1CC1)c1cc([N+](=O)[O-])ccc1Sc1ccccc1F. The molecule has 3 aromatic rings. The lowest BCUT2D eigenvalue weighted by Crippen LogP contribution is -2.25. The van der Waals surface area contributed by atoms with Crippen LogP contribution in [0.1, 0.15) is 35.1 Å². The molecule has 0 spiro atoms. The van der Waals surface area contributed by atoms with Gasteiger partial charge in [0.25, 0.3) is 11.6 Å². The fourth-order valence-electron chi connectivity index (χ4n) is 2.85. The average Bonchev–Trinajstić information content (AvgIpc) is 3.45. The largest absolute Gasteiger partial charge is 0.345 e. The van der Waals surface area contributed by atoms with E-state index < -0.39 is 16.6 Å². The van der Waals surface area contributed by atoms with Crippen LogP contribution in [0.25, 0.3) is 0 Å². The monoisotopic (exact) mass is 413 g/mol. The van der Waals surface area contributed by atoms with Crippen LogP contribution in [-0.2, 0) is 6.54 Å². The van der Waals surface area contributed by atoms with Crippen LogP contribution in [0.3, 0.4) is 0 Å². The summed E-state index contributed by atoms with van der Waals surface area (Å²) in [6.45, 7) is 0.141. The summed E-state index contributed by atoms with van der Waals surface area (Å²) in [6.07, 6.45) is 3.73. The maximum Gasteiger partial charge on any atom is 0.270 e. The van der Waals surface area contributed by atoms with E-state index in [9.17, 15) is 19.3 Å². The van der Waals surface area contributed by atoms with Crippen molar-refractivity contribution in [2.24, 2.45) is 0 Å². The smallest absolute Gasteiger partial charge is 0.270 e. The maximum absolute atomic E-state index is 14.0. The number of nitro groups is 1. The summed E-state index contributed by atoms with van der Waals surface area (Å²) in [5, 5.41) is 21.8. The van der Waals surface area contributed by atoms with Gasteiger partial charge in [-0.25, -0.2) is 4.39 Å². The van der Waals surface area contributed by atoms with E-state index in [1.165, 1.54) is 24.3 Å². The minimum absolute atomic E-state index is 0.102. The number of nitro benzene ring substituents is 1. The molecule has 0 bridgehead atoms. The Kier molecular flexibility index (Phi) is 5.26. The number of nitrogens with one attached hydrogen (secondary N) is 1. The molecule has 10 heteroatoms. The number of nitrogens with zero attached hydrogens (tertiary/aromatic N) is 4. The summed E-state index contributed by atoms with van der Waals surface area (Å²) in [4.78, 5) is 24.1. The lowest BCUT2D eigenvalue weighted by atomic mass is 10.2. The highest BCUT2D eigenvalue weighted by atomic mass is 32.2. The Morgan fingerprint density at radius 2 is 2.07 bits per heavy atom. The fourth-order valence-corrected chi connectivity index (χ4v) is 3.80. The van der Waals surface area contributed by atoms with E-state index in [-0.39, 0.29) is 17.8 Å². The van der Waals surface area contributed by atoms with Crippen molar-refractivity contribution in [1.82, 2.24) is 20.1 Å². The molecule has 29 heavy (non-hydrogen) atoms. The van der Waals surface area contributed by atoms with E-state index in [1.807, 2.05) is 4.57 Å². The van der Waals surface area contributed by atoms with Crippen molar-refractivity contribution in [2.75, 3.05) is 0 Å². The summed E-state index contributed by atoms with van der Waals surface area (Å²) in [6, 6.07) is 10.5. The van der Waals surface area contributed by atoms with Gasteiger partial charge in [-0.15, -0.1) is 10.2 Å². The van der Waals surface area contributed by atoms with Crippen molar-refractivity contribution in [1.29, 1.82) is 0 Å². The van der Waals surface area contributed by atoms with Crippen LogP contribution < -0.4 is 5.32 Å². The van der Waals surface area contributed by atoms with Crippen molar-refractivity contribution < 1.29 is 14.1 Å². The molecule has 0 unspecified atom stereocenters. The number of rotatable bonds is 7. The molecule has 0 radical (unpaired) electrons. The summed E-state index contributed by atoms with van der Waals surface area (Å²) >= 11 is 1.04. The van der Waals surface area contributed by atoms with Gasteiger partial charge < -0.3 is 9.88 Å². The van der Waals surface area contributed by atoms with Gasteiger partial charge in [0, 0.05) is 28.0 Å². The van der Waals surface area contributed by atoms with Crippen LogP contribution in [-0.4, -0.2) is 25.6 Å². The van der Waals surface area contributed by atoms with E-state index >= 15 is 0 Å². The van der Waals surface area contributed by atoms with Gasteiger partial charge in [0.15, 0.2) is 5.82 Å². The van der Waals surface area contributed by atoms with E-state index in [1.54, 1.807) is 24.5 Å². The zero-order valence-electron chi connectivity index (χ0n) is 15.1. The second kappa shape index (κ2) is 8.00. The first kappa shape index (κ1) is 19.1. The van der Waals surface area contributed by atoms with Crippen LogP contribution in [0.5, 0.6) is 0 Å². The van der Waals surface area contributed by atoms with E-state index in [0.717, 1.165) is 24.6 Å². The maximum atomic E-state index is 14.0. The molecule has 1 aromatic heterocycles. The topological polar surface area (TPSA) is 103 Å². The molecule has 1 N–H and O–H groups in total. The van der Waals surface area contributed by atoms with Gasteiger partial charge in [-0.05, 0) is 31.0 Å². The first-order valence-electron chi connectivity index (χ1n) is 8.90. The van der Waals surface area contributed by atoms with Crippen LogP contribution in [0.2, 0.25) is 0 Å². The molecule has 1 aliphatic rings. The Hall–Kier alpha value is -3.27. The van der Waals surface area contributed by atoms with E-state index in [0.29, 0.717) is 21.7 Å². The van der Waals surface area contributed by atoms with Gasteiger partial charge in [-0.2, -0.15) is 0 Å². The molecule has 8 nitrogen and oxygen atoms in total. The molecule has 1 saturated carbocycles. The third-order valence-electron chi connectivity index (χ3n) is 4.47. The Balaban J connectivity index is 1.58. The van der Waals surface area contributed by atoms with Gasteiger partial charge >= 0.3 is 0 Å². The van der Waals surface area contributed by atoms with Crippen LogP contribution in [0, 0.1) is 15.9 Å². The second-order valence-electron chi connectivity index (χ2n) is 6.54. The molecular formula is C19H16FN5O3S. The average molecular weight is 413 g/mol. The molecule has 0 aliphatic heterocycles.